The Bertz CT molecular complexity index is 183. The first-order valence-corrected chi connectivity index (χ1v) is 4.53. The Labute approximate surface area is 75.7 Å². The van der Waals surface area contributed by atoms with E-state index in [-0.39, 0.29) is 11.2 Å². The minimum absolute atomic E-state index is 0.145. The first-order chi connectivity index (χ1) is 5.49. The number of hydrogen-bond donors (Lipinski definition) is 2. The zero-order chi connectivity index (χ0) is 9.72. The average molecular weight is 191 g/mol. The van der Waals surface area contributed by atoms with E-state index in [1.54, 1.807) is 13.8 Å². The van der Waals surface area contributed by atoms with Crippen LogP contribution in [0.1, 0.15) is 13.8 Å². The fourth-order valence-corrected chi connectivity index (χ4v) is 1.60. The van der Waals surface area contributed by atoms with Crippen molar-refractivity contribution in [2.75, 3.05) is 7.05 Å². The fraction of sp³-hybridized carbons (Fsp3) is 0.714. The SMILES string of the molecule is CNC(=O)C(C)SC(C)C(=O)O. The van der Waals surface area contributed by atoms with Crippen LogP contribution < -0.4 is 5.32 Å². The predicted octanol–water partition coefficient (Wildman–Crippen LogP) is 0.327. The van der Waals surface area contributed by atoms with Crippen molar-refractivity contribution in [3.05, 3.63) is 0 Å². The van der Waals surface area contributed by atoms with Gasteiger partial charge in [0.05, 0.1) is 5.25 Å². The highest BCUT2D eigenvalue weighted by Gasteiger charge is 2.19. The van der Waals surface area contributed by atoms with Gasteiger partial charge in [-0.15, -0.1) is 11.8 Å². The smallest absolute Gasteiger partial charge is 0.316 e. The molecule has 0 aromatic carbocycles. The normalized spacial score (nSPS) is 14.9. The van der Waals surface area contributed by atoms with E-state index in [0.717, 1.165) is 11.8 Å². The molecule has 1 amide bonds. The minimum atomic E-state index is -0.893. The maximum Gasteiger partial charge on any atom is 0.316 e. The second kappa shape index (κ2) is 5.03. The van der Waals surface area contributed by atoms with Gasteiger partial charge in [-0.25, -0.2) is 0 Å². The van der Waals surface area contributed by atoms with E-state index in [0.29, 0.717) is 0 Å². The van der Waals surface area contributed by atoms with Gasteiger partial charge in [0, 0.05) is 7.05 Å². The highest BCUT2D eigenvalue weighted by atomic mass is 32.2. The summed E-state index contributed by atoms with van der Waals surface area (Å²) in [6.07, 6.45) is 0. The van der Waals surface area contributed by atoms with Crippen LogP contribution in [-0.4, -0.2) is 34.5 Å². The summed E-state index contributed by atoms with van der Waals surface area (Å²) in [5.41, 5.74) is 0. The number of nitrogens with one attached hydrogen (secondary N) is 1. The van der Waals surface area contributed by atoms with Crippen molar-refractivity contribution in [2.45, 2.75) is 24.3 Å². The summed E-state index contributed by atoms with van der Waals surface area (Å²) in [7, 11) is 1.53. The number of thioether (sulfide) groups is 1. The molecule has 2 atom stereocenters. The van der Waals surface area contributed by atoms with E-state index >= 15 is 0 Å². The molecule has 12 heavy (non-hydrogen) atoms. The van der Waals surface area contributed by atoms with E-state index in [4.69, 9.17) is 5.11 Å². The number of carboxylic acids is 1. The molecular formula is C7H13NO3S. The molecule has 70 valence electrons. The molecule has 0 aromatic heterocycles. The lowest BCUT2D eigenvalue weighted by Gasteiger charge is -2.11. The number of carbonyl (C=O) groups is 2. The van der Waals surface area contributed by atoms with Gasteiger partial charge in [-0.3, -0.25) is 9.59 Å². The standard InChI is InChI=1S/C7H13NO3S/c1-4(6(9)8-3)12-5(2)7(10)11/h4-5H,1-3H3,(H,8,9)(H,10,11). The summed E-state index contributed by atoms with van der Waals surface area (Å²) in [5.74, 6) is -1.04. The average Bonchev–Trinajstić information content (AvgIpc) is 2.02. The van der Waals surface area contributed by atoms with Gasteiger partial charge >= 0.3 is 5.97 Å². The van der Waals surface area contributed by atoms with Crippen molar-refractivity contribution >= 4 is 23.6 Å². The molecule has 0 saturated heterocycles. The molecule has 0 spiro atoms. The third kappa shape index (κ3) is 3.61. The Kier molecular flexibility index (Phi) is 4.73. The van der Waals surface area contributed by atoms with E-state index in [9.17, 15) is 9.59 Å². The molecule has 0 radical (unpaired) electrons. The minimum Gasteiger partial charge on any atom is -0.480 e. The van der Waals surface area contributed by atoms with Crippen molar-refractivity contribution in [3.63, 3.8) is 0 Å². The van der Waals surface area contributed by atoms with Crippen LogP contribution in [0.3, 0.4) is 0 Å². The molecule has 0 aliphatic carbocycles. The summed E-state index contributed by atoms with van der Waals surface area (Å²) in [5, 5.41) is 10.1. The lowest BCUT2D eigenvalue weighted by molar-refractivity contribution is -0.136. The molecular weight excluding hydrogens is 178 g/mol. The van der Waals surface area contributed by atoms with Crippen LogP contribution in [0.4, 0.5) is 0 Å². The molecule has 0 aliphatic rings. The van der Waals surface area contributed by atoms with Gasteiger partial charge in [-0.2, -0.15) is 0 Å². The van der Waals surface area contributed by atoms with Gasteiger partial charge in [-0.05, 0) is 13.8 Å². The number of amides is 1. The summed E-state index contributed by atoms with van der Waals surface area (Å²) in [6, 6.07) is 0. The Balaban J connectivity index is 3.91. The molecule has 4 nitrogen and oxygen atoms in total. The summed E-state index contributed by atoms with van der Waals surface area (Å²) >= 11 is 1.13. The monoisotopic (exact) mass is 191 g/mol. The quantitative estimate of drug-likeness (QED) is 0.672. The molecule has 2 unspecified atom stereocenters. The van der Waals surface area contributed by atoms with Crippen molar-refractivity contribution in [1.82, 2.24) is 5.32 Å². The fourth-order valence-electron chi connectivity index (χ4n) is 0.629. The first kappa shape index (κ1) is 11.3. The lowest BCUT2D eigenvalue weighted by Crippen LogP contribution is -2.29. The Hall–Kier alpha value is -0.710. The maximum absolute atomic E-state index is 10.9. The van der Waals surface area contributed by atoms with Crippen molar-refractivity contribution in [2.24, 2.45) is 0 Å². The van der Waals surface area contributed by atoms with Gasteiger partial charge in [-0.1, -0.05) is 0 Å². The summed E-state index contributed by atoms with van der Waals surface area (Å²) < 4.78 is 0. The van der Waals surface area contributed by atoms with Crippen molar-refractivity contribution in [3.8, 4) is 0 Å². The third-order valence-corrected chi connectivity index (χ3v) is 2.60. The van der Waals surface area contributed by atoms with Crippen LogP contribution in [0.25, 0.3) is 0 Å². The van der Waals surface area contributed by atoms with Crippen LogP contribution in [0.5, 0.6) is 0 Å². The topological polar surface area (TPSA) is 66.4 Å². The van der Waals surface area contributed by atoms with Gasteiger partial charge < -0.3 is 10.4 Å². The number of aliphatic carboxylic acids is 1. The third-order valence-electron chi connectivity index (χ3n) is 1.37. The van der Waals surface area contributed by atoms with Crippen LogP contribution in [-0.2, 0) is 9.59 Å². The predicted molar refractivity (Wildman–Crippen MR) is 48.2 cm³/mol. The number of rotatable bonds is 4. The van der Waals surface area contributed by atoms with Gasteiger partial charge in [0.2, 0.25) is 5.91 Å². The highest BCUT2D eigenvalue weighted by molar-refractivity contribution is 8.01. The summed E-state index contributed by atoms with van der Waals surface area (Å²) in [4.78, 5) is 21.3. The molecule has 0 rings (SSSR count). The highest BCUT2D eigenvalue weighted by Crippen LogP contribution is 2.17. The lowest BCUT2D eigenvalue weighted by atomic mass is 10.4. The number of hydrogen-bond acceptors (Lipinski definition) is 3. The molecule has 0 saturated carbocycles. The molecule has 0 aromatic rings. The van der Waals surface area contributed by atoms with Gasteiger partial charge in [0.1, 0.15) is 5.25 Å². The van der Waals surface area contributed by atoms with Gasteiger partial charge in [0.25, 0.3) is 0 Å². The summed E-state index contributed by atoms with van der Waals surface area (Å²) in [6.45, 7) is 3.25. The molecule has 0 aliphatic heterocycles. The van der Waals surface area contributed by atoms with Gasteiger partial charge in [0.15, 0.2) is 0 Å². The van der Waals surface area contributed by atoms with E-state index in [2.05, 4.69) is 5.32 Å². The molecule has 2 N–H and O–H groups in total. The zero-order valence-electron chi connectivity index (χ0n) is 7.33. The number of carbonyl (C=O) groups excluding carboxylic acids is 1. The Morgan fingerprint density at radius 3 is 2.17 bits per heavy atom. The van der Waals surface area contributed by atoms with Crippen LogP contribution in [0.15, 0.2) is 0 Å². The zero-order valence-corrected chi connectivity index (χ0v) is 8.14. The van der Waals surface area contributed by atoms with Crippen molar-refractivity contribution < 1.29 is 14.7 Å². The Morgan fingerprint density at radius 1 is 1.33 bits per heavy atom. The van der Waals surface area contributed by atoms with Crippen LogP contribution >= 0.6 is 11.8 Å². The Morgan fingerprint density at radius 2 is 1.83 bits per heavy atom. The molecule has 0 fully saturated rings. The second-order valence-electron chi connectivity index (χ2n) is 2.37. The second-order valence-corrected chi connectivity index (χ2v) is 4.06. The molecule has 0 heterocycles. The molecule has 0 bridgehead atoms. The van der Waals surface area contributed by atoms with E-state index in [1.807, 2.05) is 0 Å². The van der Waals surface area contributed by atoms with Crippen LogP contribution in [0, 0.1) is 0 Å². The molecule has 5 heteroatoms. The van der Waals surface area contributed by atoms with E-state index in [1.165, 1.54) is 7.05 Å². The van der Waals surface area contributed by atoms with Crippen LogP contribution in [0.2, 0.25) is 0 Å². The van der Waals surface area contributed by atoms with E-state index < -0.39 is 11.2 Å². The largest absolute Gasteiger partial charge is 0.480 e. The van der Waals surface area contributed by atoms with Crippen molar-refractivity contribution in [1.29, 1.82) is 0 Å². The number of carboxylic acid groups (broad SMARTS) is 1. The first-order valence-electron chi connectivity index (χ1n) is 3.59. The maximum atomic E-state index is 10.9.